The smallest absolute Gasteiger partial charge is 0.340 e. The number of benzene rings is 1. The van der Waals surface area contributed by atoms with E-state index in [2.05, 4.69) is 20.8 Å². The highest BCUT2D eigenvalue weighted by molar-refractivity contribution is 9.08. The Bertz CT molecular complexity index is 713. The van der Waals surface area contributed by atoms with Crippen molar-refractivity contribution in [2.45, 2.75) is 11.5 Å². The first-order valence-electron chi connectivity index (χ1n) is 5.68. The summed E-state index contributed by atoms with van der Waals surface area (Å²) in [6, 6.07) is 6.11. The van der Waals surface area contributed by atoms with Crippen molar-refractivity contribution in [3.63, 3.8) is 0 Å². The molecule has 8 heteroatoms. The third-order valence-corrected chi connectivity index (χ3v) is 3.43. The van der Waals surface area contributed by atoms with Gasteiger partial charge in [0.15, 0.2) is 5.75 Å². The lowest BCUT2D eigenvalue weighted by Crippen LogP contribution is -2.26. The van der Waals surface area contributed by atoms with Crippen molar-refractivity contribution in [2.75, 3.05) is 0 Å². The first-order valence-corrected chi connectivity index (χ1v) is 6.80. The molecule has 0 unspecified atom stereocenters. The maximum atomic E-state index is 12.7. The Labute approximate surface area is 125 Å². The zero-order valence-corrected chi connectivity index (χ0v) is 12.0. The number of hydrogen-bond donors (Lipinski definition) is 1. The minimum absolute atomic E-state index is 0.0497. The molecule has 2 aromatic rings. The summed E-state index contributed by atoms with van der Waals surface area (Å²) < 4.78 is 39.0. The van der Waals surface area contributed by atoms with E-state index in [0.717, 1.165) is 16.7 Å². The SMILES string of the molecule is O=c1c(C(F)(F)F)cccn1-c1ccc(CBr)c(OO)c1. The van der Waals surface area contributed by atoms with Crippen LogP contribution < -0.4 is 10.4 Å². The molecule has 4 nitrogen and oxygen atoms in total. The highest BCUT2D eigenvalue weighted by Gasteiger charge is 2.34. The average molecular weight is 364 g/mol. The van der Waals surface area contributed by atoms with E-state index in [0.29, 0.717) is 10.9 Å². The molecule has 112 valence electrons. The standard InChI is InChI=1S/C13H9BrF3NO3/c14-7-8-3-4-9(6-11(8)21-20)18-5-1-2-10(12(18)19)13(15,16)17/h1-6,20H,7H2. The summed E-state index contributed by atoms with van der Waals surface area (Å²) >= 11 is 3.17. The van der Waals surface area contributed by atoms with Crippen molar-refractivity contribution in [1.82, 2.24) is 4.57 Å². The van der Waals surface area contributed by atoms with E-state index in [1.165, 1.54) is 24.4 Å². The van der Waals surface area contributed by atoms with E-state index in [1.54, 1.807) is 0 Å². The molecule has 0 bridgehead atoms. The first-order chi connectivity index (χ1) is 9.88. The van der Waals surface area contributed by atoms with Crippen LogP contribution in [-0.4, -0.2) is 9.82 Å². The second kappa shape index (κ2) is 5.90. The molecule has 0 aliphatic heterocycles. The van der Waals surface area contributed by atoms with Crippen LogP contribution in [0.25, 0.3) is 5.69 Å². The Morgan fingerprint density at radius 2 is 2.00 bits per heavy atom. The molecule has 0 amide bonds. The third-order valence-electron chi connectivity index (χ3n) is 2.82. The van der Waals surface area contributed by atoms with Crippen LogP contribution in [0.1, 0.15) is 11.1 Å². The minimum Gasteiger partial charge on any atom is -0.340 e. The molecule has 0 atom stereocenters. The number of pyridine rings is 1. The Morgan fingerprint density at radius 3 is 2.57 bits per heavy atom. The number of aromatic nitrogens is 1. The molecule has 1 aromatic carbocycles. The molecule has 0 fully saturated rings. The molecule has 1 aromatic heterocycles. The lowest BCUT2D eigenvalue weighted by Gasteiger charge is -2.12. The summed E-state index contributed by atoms with van der Waals surface area (Å²) in [5, 5.41) is 9.16. The van der Waals surface area contributed by atoms with Gasteiger partial charge in [0.25, 0.3) is 5.56 Å². The van der Waals surface area contributed by atoms with E-state index >= 15 is 0 Å². The van der Waals surface area contributed by atoms with Crippen LogP contribution in [0.5, 0.6) is 5.75 Å². The van der Waals surface area contributed by atoms with E-state index in [1.807, 2.05) is 0 Å². The molecule has 0 radical (unpaired) electrons. The molecular formula is C13H9BrF3NO3. The van der Waals surface area contributed by atoms with Gasteiger partial charge >= 0.3 is 6.18 Å². The summed E-state index contributed by atoms with van der Waals surface area (Å²) in [7, 11) is 0. The first kappa shape index (κ1) is 15.6. The van der Waals surface area contributed by atoms with Crippen LogP contribution in [0.2, 0.25) is 0 Å². The second-order valence-electron chi connectivity index (χ2n) is 4.11. The van der Waals surface area contributed by atoms with Gasteiger partial charge in [0.05, 0.1) is 5.69 Å². The molecule has 0 saturated heterocycles. The Balaban J connectivity index is 2.61. The zero-order chi connectivity index (χ0) is 15.6. The van der Waals surface area contributed by atoms with Gasteiger partial charge in [0.1, 0.15) is 5.56 Å². The minimum atomic E-state index is -4.73. The summed E-state index contributed by atoms with van der Waals surface area (Å²) in [6.45, 7) is 0. The maximum absolute atomic E-state index is 12.7. The van der Waals surface area contributed by atoms with E-state index in [9.17, 15) is 18.0 Å². The Hall–Kier alpha value is -1.80. The fourth-order valence-electron chi connectivity index (χ4n) is 1.80. The highest BCUT2D eigenvalue weighted by Crippen LogP contribution is 2.27. The van der Waals surface area contributed by atoms with Crippen molar-refractivity contribution in [2.24, 2.45) is 0 Å². The van der Waals surface area contributed by atoms with Crippen LogP contribution in [0.3, 0.4) is 0 Å². The molecule has 21 heavy (non-hydrogen) atoms. The van der Waals surface area contributed by atoms with Gasteiger partial charge in [0.2, 0.25) is 0 Å². The van der Waals surface area contributed by atoms with E-state index in [-0.39, 0.29) is 11.4 Å². The van der Waals surface area contributed by atoms with Crippen LogP contribution in [0, 0.1) is 0 Å². The number of halogens is 4. The lowest BCUT2D eigenvalue weighted by molar-refractivity contribution is -0.139. The molecule has 0 saturated carbocycles. The van der Waals surface area contributed by atoms with Gasteiger partial charge in [-0.25, -0.2) is 5.26 Å². The summed E-state index contributed by atoms with van der Waals surface area (Å²) in [5.74, 6) is 0.0497. The Kier molecular flexibility index (Phi) is 4.38. The van der Waals surface area contributed by atoms with Crippen molar-refractivity contribution < 1.29 is 23.3 Å². The summed E-state index contributed by atoms with van der Waals surface area (Å²) in [6.07, 6.45) is -3.52. The predicted molar refractivity (Wildman–Crippen MR) is 72.9 cm³/mol. The normalized spacial score (nSPS) is 11.5. The van der Waals surface area contributed by atoms with Gasteiger partial charge in [-0.05, 0) is 18.2 Å². The second-order valence-corrected chi connectivity index (χ2v) is 4.67. The zero-order valence-electron chi connectivity index (χ0n) is 10.4. The van der Waals surface area contributed by atoms with Crippen LogP contribution in [0.15, 0.2) is 41.3 Å². The quantitative estimate of drug-likeness (QED) is 0.515. The van der Waals surface area contributed by atoms with Crippen molar-refractivity contribution in [3.8, 4) is 11.4 Å². The monoisotopic (exact) mass is 363 g/mol. The number of rotatable bonds is 3. The van der Waals surface area contributed by atoms with Gasteiger partial charge in [0, 0.05) is 23.2 Å². The fourth-order valence-corrected chi connectivity index (χ4v) is 2.26. The molecule has 0 aliphatic carbocycles. The molecule has 1 N–H and O–H groups in total. The molecule has 1 heterocycles. The van der Waals surface area contributed by atoms with Gasteiger partial charge < -0.3 is 4.89 Å². The van der Waals surface area contributed by atoms with Gasteiger partial charge in [-0.2, -0.15) is 13.2 Å². The van der Waals surface area contributed by atoms with E-state index in [4.69, 9.17) is 5.26 Å². The molecule has 0 aliphatic rings. The topological polar surface area (TPSA) is 51.5 Å². The van der Waals surface area contributed by atoms with Crippen LogP contribution >= 0.6 is 15.9 Å². The number of nitrogens with zero attached hydrogens (tertiary/aromatic N) is 1. The van der Waals surface area contributed by atoms with Crippen molar-refractivity contribution in [3.05, 3.63) is 58.0 Å². The van der Waals surface area contributed by atoms with E-state index < -0.39 is 17.3 Å². The summed E-state index contributed by atoms with van der Waals surface area (Å²) in [5.41, 5.74) is -1.72. The average Bonchev–Trinajstić information content (AvgIpc) is 2.45. The highest BCUT2D eigenvalue weighted by atomic mass is 79.9. The van der Waals surface area contributed by atoms with Gasteiger partial charge in [-0.15, -0.1) is 0 Å². The third kappa shape index (κ3) is 3.11. The lowest BCUT2D eigenvalue weighted by atomic mass is 10.2. The maximum Gasteiger partial charge on any atom is 0.421 e. The van der Waals surface area contributed by atoms with Gasteiger partial charge in [-0.3, -0.25) is 9.36 Å². The largest absolute Gasteiger partial charge is 0.421 e. The predicted octanol–water partition coefficient (Wildman–Crippen LogP) is 3.60. The van der Waals surface area contributed by atoms with Crippen molar-refractivity contribution >= 4 is 15.9 Å². The molecule has 0 spiro atoms. The van der Waals surface area contributed by atoms with Gasteiger partial charge in [-0.1, -0.05) is 22.0 Å². The van der Waals surface area contributed by atoms with Crippen LogP contribution in [-0.2, 0) is 11.5 Å². The summed E-state index contributed by atoms with van der Waals surface area (Å²) in [4.78, 5) is 16.1. The fraction of sp³-hybridized carbons (Fsp3) is 0.154. The number of alkyl halides is 4. The number of hydrogen-bond acceptors (Lipinski definition) is 3. The van der Waals surface area contributed by atoms with Crippen molar-refractivity contribution in [1.29, 1.82) is 0 Å². The molecule has 2 rings (SSSR count). The van der Waals surface area contributed by atoms with Crippen LogP contribution in [0.4, 0.5) is 13.2 Å². The molecular weight excluding hydrogens is 355 g/mol. The Morgan fingerprint density at radius 1 is 1.29 bits per heavy atom.